The second-order valence-corrected chi connectivity index (χ2v) is 5.15. The van der Waals surface area contributed by atoms with Gasteiger partial charge in [-0.15, -0.1) is 0 Å². The van der Waals surface area contributed by atoms with Crippen molar-refractivity contribution in [1.82, 2.24) is 4.72 Å². The first kappa shape index (κ1) is 15.3. The van der Waals surface area contributed by atoms with E-state index >= 15 is 0 Å². The van der Waals surface area contributed by atoms with Crippen molar-refractivity contribution in [1.29, 1.82) is 5.26 Å². The summed E-state index contributed by atoms with van der Waals surface area (Å²) in [5.74, 6) is 0. The van der Waals surface area contributed by atoms with Crippen LogP contribution in [0.15, 0.2) is 18.2 Å². The molecule has 0 heterocycles. The van der Waals surface area contributed by atoms with Crippen molar-refractivity contribution in [2.45, 2.75) is 13.1 Å². The molecule has 1 aromatic rings. The minimum absolute atomic E-state index is 0.0554. The predicted molar refractivity (Wildman–Crippen MR) is 62.5 cm³/mol. The number of nitriles is 1. The minimum Gasteiger partial charge on any atom is -0.270 e. The summed E-state index contributed by atoms with van der Waals surface area (Å²) < 4.78 is 61.8. The van der Waals surface area contributed by atoms with E-state index in [1.807, 2.05) is 4.72 Å². The SMILES string of the molecule is Cc1cccc(NS(=O)(=O)NCC(F)(F)F)c1C#N. The number of nitrogens with one attached hydrogen (secondary N) is 2. The highest BCUT2D eigenvalue weighted by molar-refractivity contribution is 7.90. The van der Waals surface area contributed by atoms with Crippen molar-refractivity contribution in [3.8, 4) is 6.07 Å². The van der Waals surface area contributed by atoms with E-state index in [1.54, 1.807) is 19.1 Å². The first-order chi connectivity index (χ1) is 8.64. The van der Waals surface area contributed by atoms with Gasteiger partial charge in [-0.1, -0.05) is 12.1 Å². The molecule has 1 aromatic carbocycles. The predicted octanol–water partition coefficient (Wildman–Crippen LogP) is 1.68. The van der Waals surface area contributed by atoms with Gasteiger partial charge in [-0.2, -0.15) is 31.6 Å². The van der Waals surface area contributed by atoms with Crippen LogP contribution in [-0.2, 0) is 10.2 Å². The van der Waals surface area contributed by atoms with E-state index in [9.17, 15) is 21.6 Å². The summed E-state index contributed by atoms with van der Waals surface area (Å²) in [5.41, 5.74) is 0.496. The van der Waals surface area contributed by atoms with Crippen LogP contribution in [0.1, 0.15) is 11.1 Å². The molecule has 0 saturated carbocycles. The van der Waals surface area contributed by atoms with Crippen molar-refractivity contribution in [3.63, 3.8) is 0 Å². The summed E-state index contributed by atoms with van der Waals surface area (Å²) in [6.45, 7) is -0.102. The third-order valence-corrected chi connectivity index (χ3v) is 3.10. The van der Waals surface area contributed by atoms with Gasteiger partial charge in [-0.3, -0.25) is 4.72 Å². The van der Waals surface area contributed by atoms with Gasteiger partial charge in [0.15, 0.2) is 0 Å². The first-order valence-electron chi connectivity index (χ1n) is 4.98. The van der Waals surface area contributed by atoms with Gasteiger partial charge in [0.25, 0.3) is 10.2 Å². The van der Waals surface area contributed by atoms with Crippen LogP contribution in [0.4, 0.5) is 18.9 Å². The number of rotatable bonds is 4. The first-order valence-corrected chi connectivity index (χ1v) is 6.47. The molecule has 0 saturated heterocycles. The third-order valence-electron chi connectivity index (χ3n) is 2.09. The highest BCUT2D eigenvalue weighted by atomic mass is 32.2. The fraction of sp³-hybridized carbons (Fsp3) is 0.300. The lowest BCUT2D eigenvalue weighted by Crippen LogP contribution is -2.37. The highest BCUT2D eigenvalue weighted by Gasteiger charge is 2.29. The normalized spacial score (nSPS) is 11.9. The lowest BCUT2D eigenvalue weighted by atomic mass is 10.1. The Kier molecular flexibility index (Phi) is 4.39. The van der Waals surface area contributed by atoms with Crippen LogP contribution in [-0.4, -0.2) is 21.1 Å². The monoisotopic (exact) mass is 293 g/mol. The van der Waals surface area contributed by atoms with Crippen LogP contribution >= 0.6 is 0 Å². The second-order valence-electron chi connectivity index (χ2n) is 3.65. The van der Waals surface area contributed by atoms with E-state index in [2.05, 4.69) is 0 Å². The molecule has 0 fully saturated rings. The maximum atomic E-state index is 11.9. The van der Waals surface area contributed by atoms with Crippen LogP contribution in [0.25, 0.3) is 0 Å². The van der Waals surface area contributed by atoms with Crippen LogP contribution in [0.2, 0.25) is 0 Å². The molecule has 1 rings (SSSR count). The van der Waals surface area contributed by atoms with E-state index in [-0.39, 0.29) is 11.3 Å². The molecular weight excluding hydrogens is 283 g/mol. The van der Waals surface area contributed by atoms with Crippen molar-refractivity contribution < 1.29 is 21.6 Å². The average molecular weight is 293 g/mol. The quantitative estimate of drug-likeness (QED) is 0.886. The van der Waals surface area contributed by atoms with Gasteiger partial charge >= 0.3 is 6.18 Å². The summed E-state index contributed by atoms with van der Waals surface area (Å²) >= 11 is 0. The maximum absolute atomic E-state index is 11.9. The molecule has 9 heteroatoms. The standard InChI is InChI=1S/C10H10F3N3O2S/c1-7-3-2-4-9(8(7)5-14)16-19(17,18)15-6-10(11,12)13/h2-4,15-16H,6H2,1H3. The highest BCUT2D eigenvalue weighted by Crippen LogP contribution is 2.19. The van der Waals surface area contributed by atoms with Gasteiger partial charge in [0.1, 0.15) is 12.6 Å². The minimum atomic E-state index is -4.65. The van der Waals surface area contributed by atoms with Gasteiger partial charge in [-0.05, 0) is 18.6 Å². The summed E-state index contributed by atoms with van der Waals surface area (Å²) in [7, 11) is -4.39. The Hall–Kier alpha value is -1.79. The largest absolute Gasteiger partial charge is 0.402 e. The Morgan fingerprint density at radius 2 is 2.00 bits per heavy atom. The van der Waals surface area contributed by atoms with Crippen molar-refractivity contribution in [3.05, 3.63) is 29.3 Å². The average Bonchev–Trinajstić information content (AvgIpc) is 2.26. The molecule has 5 nitrogen and oxygen atoms in total. The van der Waals surface area contributed by atoms with E-state index < -0.39 is 22.9 Å². The second kappa shape index (κ2) is 5.46. The van der Waals surface area contributed by atoms with Gasteiger partial charge in [0.05, 0.1) is 11.3 Å². The summed E-state index contributed by atoms with van der Waals surface area (Å²) in [5, 5.41) is 8.87. The molecule has 0 radical (unpaired) electrons. The Bertz CT molecular complexity index is 605. The maximum Gasteiger partial charge on any atom is 0.402 e. The van der Waals surface area contributed by atoms with Crippen LogP contribution in [0, 0.1) is 18.3 Å². The number of aryl methyl sites for hydroxylation is 1. The number of alkyl halides is 3. The van der Waals surface area contributed by atoms with E-state index in [1.165, 1.54) is 16.9 Å². The lowest BCUT2D eigenvalue weighted by Gasteiger charge is -2.12. The molecule has 0 spiro atoms. The van der Waals surface area contributed by atoms with E-state index in [0.29, 0.717) is 5.56 Å². The summed E-state index contributed by atoms with van der Waals surface area (Å²) in [6.07, 6.45) is -4.65. The van der Waals surface area contributed by atoms with Gasteiger partial charge in [0.2, 0.25) is 0 Å². The van der Waals surface area contributed by atoms with Gasteiger partial charge in [0, 0.05) is 0 Å². The van der Waals surface area contributed by atoms with Gasteiger partial charge in [-0.25, -0.2) is 0 Å². The number of hydrogen-bond donors (Lipinski definition) is 2. The lowest BCUT2D eigenvalue weighted by molar-refractivity contribution is -0.121. The third kappa shape index (κ3) is 4.76. The Morgan fingerprint density at radius 1 is 1.37 bits per heavy atom. The number of halogens is 3. The number of nitrogens with zero attached hydrogens (tertiary/aromatic N) is 1. The molecule has 0 aliphatic rings. The van der Waals surface area contributed by atoms with Crippen LogP contribution in [0.5, 0.6) is 0 Å². The molecule has 0 unspecified atom stereocenters. The zero-order chi connectivity index (χ0) is 14.7. The van der Waals surface area contributed by atoms with E-state index in [4.69, 9.17) is 5.26 Å². The molecule has 0 bridgehead atoms. The van der Waals surface area contributed by atoms with Crippen LogP contribution < -0.4 is 9.44 Å². The molecule has 0 amide bonds. The molecular formula is C10H10F3N3O2S. The molecule has 104 valence electrons. The number of benzene rings is 1. The summed E-state index contributed by atoms with van der Waals surface area (Å²) in [6, 6.07) is 6.14. The molecule has 0 atom stereocenters. The number of hydrogen-bond acceptors (Lipinski definition) is 3. The Balaban J connectivity index is 2.91. The van der Waals surface area contributed by atoms with Gasteiger partial charge < -0.3 is 0 Å². The Morgan fingerprint density at radius 3 is 2.53 bits per heavy atom. The molecule has 19 heavy (non-hydrogen) atoms. The van der Waals surface area contributed by atoms with Crippen molar-refractivity contribution in [2.24, 2.45) is 0 Å². The summed E-state index contributed by atoms with van der Waals surface area (Å²) in [4.78, 5) is 0. The van der Waals surface area contributed by atoms with Crippen molar-refractivity contribution in [2.75, 3.05) is 11.3 Å². The molecule has 2 N–H and O–H groups in total. The topological polar surface area (TPSA) is 82.0 Å². The molecule has 0 aromatic heterocycles. The van der Waals surface area contributed by atoms with E-state index in [0.717, 1.165) is 0 Å². The molecule has 0 aliphatic heterocycles. The fourth-order valence-electron chi connectivity index (χ4n) is 1.26. The van der Waals surface area contributed by atoms with Crippen molar-refractivity contribution >= 4 is 15.9 Å². The zero-order valence-electron chi connectivity index (χ0n) is 9.75. The smallest absolute Gasteiger partial charge is 0.270 e. The number of anilines is 1. The van der Waals surface area contributed by atoms with Crippen LogP contribution in [0.3, 0.4) is 0 Å². The Labute approximate surface area is 108 Å². The molecule has 0 aliphatic carbocycles. The zero-order valence-corrected chi connectivity index (χ0v) is 10.6. The fourth-order valence-corrected chi connectivity index (χ4v) is 2.14.